The summed E-state index contributed by atoms with van der Waals surface area (Å²) in [7, 11) is 1.65. The van der Waals surface area contributed by atoms with Gasteiger partial charge in [0.1, 0.15) is 10.8 Å². The zero-order valence-electron chi connectivity index (χ0n) is 16.5. The van der Waals surface area contributed by atoms with Crippen LogP contribution in [0.4, 0.5) is 0 Å². The van der Waals surface area contributed by atoms with Crippen molar-refractivity contribution in [2.75, 3.05) is 7.11 Å². The first-order chi connectivity index (χ1) is 13.5. The van der Waals surface area contributed by atoms with Crippen molar-refractivity contribution in [2.45, 2.75) is 32.7 Å². The molecule has 146 valence electrons. The van der Waals surface area contributed by atoms with E-state index in [-0.39, 0.29) is 18.4 Å². The van der Waals surface area contributed by atoms with Crippen molar-refractivity contribution in [1.29, 1.82) is 0 Å². The van der Waals surface area contributed by atoms with Crippen molar-refractivity contribution in [1.82, 2.24) is 10.3 Å². The number of nitrogens with zero attached hydrogens (tertiary/aromatic N) is 1. The number of rotatable bonds is 8. The van der Waals surface area contributed by atoms with Crippen LogP contribution in [0.2, 0.25) is 0 Å². The first-order valence-corrected chi connectivity index (χ1v) is 10.4. The van der Waals surface area contributed by atoms with E-state index < -0.39 is 0 Å². The Morgan fingerprint density at radius 1 is 1.11 bits per heavy atom. The van der Waals surface area contributed by atoms with Gasteiger partial charge in [0, 0.05) is 10.9 Å². The molecule has 0 aliphatic rings. The van der Waals surface area contributed by atoms with Gasteiger partial charge in [-0.2, -0.15) is 0 Å². The summed E-state index contributed by atoms with van der Waals surface area (Å²) in [6.07, 6.45) is 1.19. The summed E-state index contributed by atoms with van der Waals surface area (Å²) in [5.74, 6) is 1.31. The van der Waals surface area contributed by atoms with Crippen LogP contribution in [0.25, 0.3) is 10.6 Å². The molecule has 0 spiro atoms. The lowest BCUT2D eigenvalue weighted by molar-refractivity contribution is -0.121. The molecule has 3 aromatic rings. The molecule has 0 saturated carbocycles. The minimum Gasteiger partial charge on any atom is -0.497 e. The van der Waals surface area contributed by atoms with E-state index in [1.165, 1.54) is 0 Å². The second-order valence-electron chi connectivity index (χ2n) is 7.21. The van der Waals surface area contributed by atoms with Gasteiger partial charge >= 0.3 is 0 Å². The minimum absolute atomic E-state index is 0.00100. The first-order valence-electron chi connectivity index (χ1n) is 9.48. The highest BCUT2D eigenvalue weighted by atomic mass is 32.1. The smallest absolute Gasteiger partial charge is 0.226 e. The molecule has 0 aliphatic carbocycles. The molecular formula is C23H26N2O2S. The topological polar surface area (TPSA) is 51.2 Å². The maximum Gasteiger partial charge on any atom is 0.226 e. The lowest BCUT2D eigenvalue weighted by atomic mass is 9.97. The van der Waals surface area contributed by atoms with Crippen molar-refractivity contribution in [3.05, 3.63) is 71.2 Å². The summed E-state index contributed by atoms with van der Waals surface area (Å²) >= 11 is 1.55. The quantitative estimate of drug-likeness (QED) is 0.567. The molecule has 0 aliphatic heterocycles. The van der Waals surface area contributed by atoms with Gasteiger partial charge in [0.05, 0.1) is 25.3 Å². The monoisotopic (exact) mass is 394 g/mol. The van der Waals surface area contributed by atoms with Crippen LogP contribution in [0.3, 0.4) is 0 Å². The van der Waals surface area contributed by atoms with Crippen molar-refractivity contribution in [3.63, 3.8) is 0 Å². The highest BCUT2D eigenvalue weighted by molar-refractivity contribution is 7.13. The van der Waals surface area contributed by atoms with E-state index in [4.69, 9.17) is 4.74 Å². The molecule has 0 bridgehead atoms. The summed E-state index contributed by atoms with van der Waals surface area (Å²) in [4.78, 5) is 17.3. The van der Waals surface area contributed by atoms with Crippen LogP contribution in [-0.2, 0) is 11.2 Å². The van der Waals surface area contributed by atoms with Gasteiger partial charge in [0.2, 0.25) is 5.91 Å². The van der Waals surface area contributed by atoms with Gasteiger partial charge in [-0.25, -0.2) is 4.98 Å². The molecule has 1 atom stereocenters. The molecule has 28 heavy (non-hydrogen) atoms. The number of benzene rings is 2. The van der Waals surface area contributed by atoms with E-state index in [0.717, 1.165) is 34.0 Å². The summed E-state index contributed by atoms with van der Waals surface area (Å²) in [5.41, 5.74) is 2.96. The van der Waals surface area contributed by atoms with Crippen molar-refractivity contribution in [2.24, 2.45) is 5.92 Å². The van der Waals surface area contributed by atoms with Gasteiger partial charge in [-0.05, 0) is 42.2 Å². The van der Waals surface area contributed by atoms with Gasteiger partial charge in [0.15, 0.2) is 0 Å². The van der Waals surface area contributed by atoms with E-state index in [1.807, 2.05) is 47.8 Å². The Balaban J connectivity index is 1.65. The molecule has 3 rings (SSSR count). The molecule has 4 nitrogen and oxygen atoms in total. The van der Waals surface area contributed by atoms with Gasteiger partial charge in [0.25, 0.3) is 0 Å². The third kappa shape index (κ3) is 5.42. The van der Waals surface area contributed by atoms with Crippen LogP contribution in [-0.4, -0.2) is 18.0 Å². The predicted molar refractivity (Wildman–Crippen MR) is 115 cm³/mol. The van der Waals surface area contributed by atoms with Gasteiger partial charge in [-0.3, -0.25) is 4.79 Å². The van der Waals surface area contributed by atoms with Crippen molar-refractivity contribution in [3.8, 4) is 16.3 Å². The van der Waals surface area contributed by atoms with E-state index in [0.29, 0.717) is 5.92 Å². The van der Waals surface area contributed by atoms with E-state index in [2.05, 4.69) is 36.3 Å². The molecule has 0 radical (unpaired) electrons. The average Bonchev–Trinajstić information content (AvgIpc) is 3.16. The third-order valence-corrected chi connectivity index (χ3v) is 5.41. The highest BCUT2D eigenvalue weighted by Crippen LogP contribution is 2.26. The number of methoxy groups -OCH3 is 1. The zero-order valence-corrected chi connectivity index (χ0v) is 17.3. The Kier molecular flexibility index (Phi) is 6.82. The fourth-order valence-corrected chi connectivity index (χ4v) is 3.93. The fourth-order valence-electron chi connectivity index (χ4n) is 3.10. The minimum atomic E-state index is 0.00100. The Labute approximate surface area is 170 Å². The number of thiazole rings is 1. The van der Waals surface area contributed by atoms with Crippen LogP contribution < -0.4 is 10.1 Å². The molecule has 0 saturated heterocycles. The summed E-state index contributed by atoms with van der Waals surface area (Å²) in [6.45, 7) is 4.34. The molecular weight excluding hydrogens is 368 g/mol. The van der Waals surface area contributed by atoms with Gasteiger partial charge in [-0.1, -0.05) is 44.2 Å². The highest BCUT2D eigenvalue weighted by Gasteiger charge is 2.17. The predicted octanol–water partition coefficient (Wildman–Crippen LogP) is 5.26. The summed E-state index contributed by atoms with van der Waals surface area (Å²) in [5, 5.41) is 6.05. The number of nitrogens with one attached hydrogen (secondary N) is 1. The molecule has 1 heterocycles. The Morgan fingerprint density at radius 3 is 2.46 bits per heavy atom. The Bertz CT molecular complexity index is 888. The number of hydrogen-bond donors (Lipinski definition) is 1. The lowest BCUT2D eigenvalue weighted by Crippen LogP contribution is -2.30. The van der Waals surface area contributed by atoms with Crippen LogP contribution in [0.15, 0.2) is 60.0 Å². The molecule has 2 aromatic carbocycles. The van der Waals surface area contributed by atoms with Crippen LogP contribution in [0, 0.1) is 5.92 Å². The van der Waals surface area contributed by atoms with Crippen molar-refractivity contribution < 1.29 is 9.53 Å². The molecule has 5 heteroatoms. The number of carbonyl (C=O) groups excluding carboxylic acids is 1. The van der Waals surface area contributed by atoms with Crippen LogP contribution >= 0.6 is 11.3 Å². The standard InChI is InChI=1S/C23H26N2O2S/c1-16(2)13-21(17-7-5-4-6-8-17)25-22(26)14-19-15-28-23(24-19)18-9-11-20(27-3)12-10-18/h4-12,15-16,21H,13-14H2,1-3H3,(H,25,26). The number of ether oxygens (including phenoxy) is 1. The van der Waals surface area contributed by atoms with E-state index >= 15 is 0 Å². The van der Waals surface area contributed by atoms with Gasteiger partial charge < -0.3 is 10.1 Å². The number of amides is 1. The molecule has 0 fully saturated rings. The normalized spacial score (nSPS) is 12.0. The maximum atomic E-state index is 12.6. The largest absolute Gasteiger partial charge is 0.497 e. The molecule has 1 unspecified atom stereocenters. The SMILES string of the molecule is COc1ccc(-c2nc(CC(=O)NC(CC(C)C)c3ccccc3)cs2)cc1. The lowest BCUT2D eigenvalue weighted by Gasteiger charge is -2.21. The maximum absolute atomic E-state index is 12.6. The fraction of sp³-hybridized carbons (Fsp3) is 0.304. The molecule has 1 N–H and O–H groups in total. The summed E-state index contributed by atoms with van der Waals surface area (Å²) < 4.78 is 5.19. The Morgan fingerprint density at radius 2 is 1.82 bits per heavy atom. The Hall–Kier alpha value is -2.66. The molecule has 1 amide bonds. The first kappa shape index (κ1) is 20.1. The second-order valence-corrected chi connectivity index (χ2v) is 8.07. The molecule has 1 aromatic heterocycles. The van der Waals surface area contributed by atoms with Crippen LogP contribution in [0.1, 0.15) is 37.6 Å². The zero-order chi connectivity index (χ0) is 19.9. The average molecular weight is 395 g/mol. The van der Waals surface area contributed by atoms with E-state index in [9.17, 15) is 4.79 Å². The van der Waals surface area contributed by atoms with Crippen molar-refractivity contribution >= 4 is 17.2 Å². The summed E-state index contributed by atoms with van der Waals surface area (Å²) in [6, 6.07) is 18.0. The van der Waals surface area contributed by atoms with Crippen LogP contribution in [0.5, 0.6) is 5.75 Å². The number of aromatic nitrogens is 1. The third-order valence-electron chi connectivity index (χ3n) is 4.47. The number of hydrogen-bond acceptors (Lipinski definition) is 4. The van der Waals surface area contributed by atoms with Gasteiger partial charge in [-0.15, -0.1) is 11.3 Å². The van der Waals surface area contributed by atoms with E-state index in [1.54, 1.807) is 18.4 Å². The number of carbonyl (C=O) groups is 1. The second kappa shape index (κ2) is 9.51.